The first-order valence-corrected chi connectivity index (χ1v) is 9.69. The zero-order chi connectivity index (χ0) is 17.2. The number of aryl methyl sites for hydroxylation is 2. The Bertz CT molecular complexity index is 763. The molecule has 0 unspecified atom stereocenters. The Morgan fingerprint density at radius 1 is 1.23 bits per heavy atom. The average molecular weight is 377 g/mol. The Kier molecular flexibility index (Phi) is 6.25. The molecular weight excluding hydrogens is 348 g/mol. The van der Waals surface area contributed by atoms with Gasteiger partial charge in [0.05, 0.1) is 12.7 Å². The van der Waals surface area contributed by atoms with E-state index in [1.165, 1.54) is 24.0 Å². The molecule has 4 nitrogen and oxygen atoms in total. The van der Waals surface area contributed by atoms with E-state index in [1.807, 2.05) is 11.9 Å². The van der Waals surface area contributed by atoms with E-state index in [9.17, 15) is 4.79 Å². The van der Waals surface area contributed by atoms with Crippen molar-refractivity contribution < 1.29 is 9.21 Å². The molecule has 0 saturated carbocycles. The lowest BCUT2D eigenvalue weighted by atomic mass is 9.93. The maximum atomic E-state index is 12.7. The van der Waals surface area contributed by atoms with Gasteiger partial charge >= 0.3 is 0 Å². The molecule has 1 aliphatic carbocycles. The molecule has 1 aromatic carbocycles. The van der Waals surface area contributed by atoms with Crippen molar-refractivity contribution in [3.05, 3.63) is 35.1 Å². The summed E-state index contributed by atoms with van der Waals surface area (Å²) in [5, 5.41) is 4.36. The number of hydrogen-bond acceptors (Lipinski definition) is 3. The third-order valence-electron chi connectivity index (χ3n) is 5.98. The van der Waals surface area contributed by atoms with Crippen molar-refractivity contribution in [2.75, 3.05) is 26.7 Å². The van der Waals surface area contributed by atoms with E-state index in [-0.39, 0.29) is 18.3 Å². The van der Waals surface area contributed by atoms with Crippen LogP contribution in [0, 0.1) is 5.92 Å². The normalized spacial score (nSPS) is 17.3. The lowest BCUT2D eigenvalue weighted by Gasteiger charge is -2.32. The fourth-order valence-corrected chi connectivity index (χ4v) is 4.38. The first kappa shape index (κ1) is 19.2. The van der Waals surface area contributed by atoms with Gasteiger partial charge in [0, 0.05) is 24.0 Å². The Morgan fingerprint density at radius 3 is 2.69 bits per heavy atom. The maximum absolute atomic E-state index is 12.7. The van der Waals surface area contributed by atoms with Gasteiger partial charge in [0.25, 0.3) is 0 Å². The van der Waals surface area contributed by atoms with Crippen LogP contribution in [0.15, 0.2) is 22.8 Å². The molecule has 1 fully saturated rings. The van der Waals surface area contributed by atoms with Crippen LogP contribution in [-0.2, 0) is 24.1 Å². The molecule has 1 aromatic heterocycles. The van der Waals surface area contributed by atoms with E-state index in [2.05, 4.69) is 17.4 Å². The zero-order valence-electron chi connectivity index (χ0n) is 15.6. The number of rotatable bonds is 5. The lowest BCUT2D eigenvalue weighted by Crippen LogP contribution is -2.39. The number of carbonyl (C=O) groups is 1. The van der Waals surface area contributed by atoms with Crippen LogP contribution in [0.25, 0.3) is 11.0 Å². The molecule has 1 amide bonds. The summed E-state index contributed by atoms with van der Waals surface area (Å²) in [4.78, 5) is 14.8. The molecule has 142 valence electrons. The molecule has 0 radical (unpaired) electrons. The van der Waals surface area contributed by atoms with Gasteiger partial charge in [-0.1, -0.05) is 0 Å². The number of carbonyl (C=O) groups excluding carboxylic acids is 1. The predicted molar refractivity (Wildman–Crippen MR) is 107 cm³/mol. The highest BCUT2D eigenvalue weighted by Crippen LogP contribution is 2.31. The summed E-state index contributed by atoms with van der Waals surface area (Å²) >= 11 is 0. The van der Waals surface area contributed by atoms with Crippen LogP contribution in [0.4, 0.5) is 0 Å². The van der Waals surface area contributed by atoms with Gasteiger partial charge in [0.2, 0.25) is 5.91 Å². The molecule has 0 atom stereocenters. The maximum Gasteiger partial charge on any atom is 0.227 e. The summed E-state index contributed by atoms with van der Waals surface area (Å²) in [7, 11) is 2.00. The second kappa shape index (κ2) is 8.45. The number of likely N-dealkylation sites (tertiary alicyclic amines) is 1. The number of nitrogens with one attached hydrogen (secondary N) is 1. The molecule has 1 N–H and O–H groups in total. The van der Waals surface area contributed by atoms with Crippen molar-refractivity contribution in [3.63, 3.8) is 0 Å². The molecule has 2 aliphatic rings. The fourth-order valence-electron chi connectivity index (χ4n) is 4.38. The first-order valence-electron chi connectivity index (χ1n) is 9.69. The molecule has 5 heteroatoms. The molecule has 2 aromatic rings. The predicted octanol–water partition coefficient (Wildman–Crippen LogP) is 3.73. The number of piperidine rings is 1. The smallest absolute Gasteiger partial charge is 0.227 e. The summed E-state index contributed by atoms with van der Waals surface area (Å²) in [5.41, 5.74) is 4.84. The molecule has 0 spiro atoms. The van der Waals surface area contributed by atoms with Crippen LogP contribution in [0.1, 0.15) is 42.4 Å². The average Bonchev–Trinajstić information content (AvgIpc) is 3.25. The largest absolute Gasteiger partial charge is 0.464 e. The second-order valence-corrected chi connectivity index (χ2v) is 7.62. The van der Waals surface area contributed by atoms with Crippen LogP contribution in [-0.4, -0.2) is 37.5 Å². The van der Waals surface area contributed by atoms with Crippen LogP contribution >= 0.6 is 12.4 Å². The Morgan fingerprint density at radius 2 is 1.96 bits per heavy atom. The fraction of sp³-hybridized carbons (Fsp3) is 0.571. The van der Waals surface area contributed by atoms with Crippen LogP contribution < -0.4 is 5.32 Å². The van der Waals surface area contributed by atoms with E-state index in [1.54, 1.807) is 6.26 Å². The Hall–Kier alpha value is -1.52. The van der Waals surface area contributed by atoms with Crippen molar-refractivity contribution in [1.29, 1.82) is 0 Å². The number of benzene rings is 1. The van der Waals surface area contributed by atoms with Gasteiger partial charge in [0.1, 0.15) is 5.58 Å². The minimum atomic E-state index is 0. The third kappa shape index (κ3) is 3.91. The van der Waals surface area contributed by atoms with Crippen LogP contribution in [0.3, 0.4) is 0 Å². The van der Waals surface area contributed by atoms with Crippen molar-refractivity contribution in [1.82, 2.24) is 10.2 Å². The number of fused-ring (bicyclic) bond motifs is 2. The molecule has 0 bridgehead atoms. The Balaban J connectivity index is 0.00000196. The molecule has 2 heterocycles. The Labute approximate surface area is 161 Å². The summed E-state index contributed by atoms with van der Waals surface area (Å²) in [6, 6.07) is 4.44. The summed E-state index contributed by atoms with van der Waals surface area (Å²) in [5.74, 6) is 1.00. The van der Waals surface area contributed by atoms with E-state index in [0.29, 0.717) is 6.42 Å². The van der Waals surface area contributed by atoms with Gasteiger partial charge in [-0.15, -0.1) is 12.4 Å². The minimum absolute atomic E-state index is 0. The van der Waals surface area contributed by atoms with E-state index >= 15 is 0 Å². The van der Waals surface area contributed by atoms with Gasteiger partial charge in [-0.05, 0) is 81.3 Å². The highest BCUT2D eigenvalue weighted by atomic mass is 35.5. The highest BCUT2D eigenvalue weighted by molar-refractivity contribution is 5.88. The summed E-state index contributed by atoms with van der Waals surface area (Å²) < 4.78 is 5.75. The van der Waals surface area contributed by atoms with E-state index < -0.39 is 0 Å². The van der Waals surface area contributed by atoms with Crippen molar-refractivity contribution in [2.45, 2.75) is 44.9 Å². The third-order valence-corrected chi connectivity index (χ3v) is 5.98. The van der Waals surface area contributed by atoms with Gasteiger partial charge in [-0.3, -0.25) is 4.79 Å². The topological polar surface area (TPSA) is 45.5 Å². The molecule has 4 rings (SSSR count). The van der Waals surface area contributed by atoms with E-state index in [4.69, 9.17) is 4.42 Å². The monoisotopic (exact) mass is 376 g/mol. The minimum Gasteiger partial charge on any atom is -0.464 e. The van der Waals surface area contributed by atoms with Gasteiger partial charge in [-0.25, -0.2) is 0 Å². The van der Waals surface area contributed by atoms with Gasteiger partial charge < -0.3 is 14.6 Å². The number of halogens is 1. The number of nitrogens with zero attached hydrogens (tertiary/aromatic N) is 1. The van der Waals surface area contributed by atoms with Crippen LogP contribution in [0.2, 0.25) is 0 Å². The van der Waals surface area contributed by atoms with Gasteiger partial charge in [0.15, 0.2) is 0 Å². The molecular formula is C21H29ClN2O2. The summed E-state index contributed by atoms with van der Waals surface area (Å²) in [6.45, 7) is 2.88. The van der Waals surface area contributed by atoms with E-state index in [0.717, 1.165) is 67.8 Å². The van der Waals surface area contributed by atoms with Crippen molar-refractivity contribution in [2.24, 2.45) is 5.92 Å². The molecule has 1 saturated heterocycles. The molecule has 1 aliphatic heterocycles. The quantitative estimate of drug-likeness (QED) is 0.864. The zero-order valence-corrected chi connectivity index (χ0v) is 16.4. The number of furan rings is 1. The number of amides is 1. The SMILES string of the molecule is CNCCC1CCN(C(=O)Cc2coc3cc4c(cc23)CCC4)CC1.Cl. The van der Waals surface area contributed by atoms with Crippen LogP contribution in [0.5, 0.6) is 0 Å². The standard InChI is InChI=1S/C21H28N2O2.ClH/c1-22-8-5-15-6-9-23(10-7-15)21(24)13-18-14-25-20-12-17-4-2-3-16(17)11-19(18)20;/h11-12,14-15,22H,2-10,13H2,1H3;1H. The number of hydrogen-bond donors (Lipinski definition) is 1. The van der Waals surface area contributed by atoms with Crippen molar-refractivity contribution in [3.8, 4) is 0 Å². The summed E-state index contributed by atoms with van der Waals surface area (Å²) in [6.07, 6.45) is 9.28. The molecule has 26 heavy (non-hydrogen) atoms. The lowest BCUT2D eigenvalue weighted by molar-refractivity contribution is -0.131. The van der Waals surface area contributed by atoms with Gasteiger partial charge in [-0.2, -0.15) is 0 Å². The first-order chi connectivity index (χ1) is 12.2. The highest BCUT2D eigenvalue weighted by Gasteiger charge is 2.24. The van der Waals surface area contributed by atoms with Crippen molar-refractivity contribution >= 4 is 29.3 Å². The second-order valence-electron chi connectivity index (χ2n) is 7.62.